The normalized spacial score (nSPS) is 11.0. The summed E-state index contributed by atoms with van der Waals surface area (Å²) in [5.41, 5.74) is 3.35. The minimum absolute atomic E-state index is 0.592. The number of benzene rings is 2. The van der Waals surface area contributed by atoms with E-state index in [0.717, 1.165) is 22.2 Å². The predicted octanol–water partition coefficient (Wildman–Crippen LogP) is 4.50. The van der Waals surface area contributed by atoms with E-state index in [1.807, 2.05) is 30.5 Å². The highest BCUT2D eigenvalue weighted by molar-refractivity contribution is 7.98. The van der Waals surface area contributed by atoms with Crippen LogP contribution in [0.2, 0.25) is 0 Å². The second-order valence-corrected chi connectivity index (χ2v) is 6.33. The second-order valence-electron chi connectivity index (χ2n) is 5.41. The molecule has 0 aliphatic carbocycles. The third kappa shape index (κ3) is 3.31. The maximum atomic E-state index is 5.74. The lowest BCUT2D eigenvalue weighted by molar-refractivity contribution is 0.420. The summed E-state index contributed by atoms with van der Waals surface area (Å²) in [6.45, 7) is 0. The standard InChI is InChI=1S/C19H15N3OS/c1-2-6-14(7-3-1)12-17-21-22-19(23-17)24-13-16-9-4-8-15-10-5-11-20-18(15)16/h1-11H,12-13H2. The van der Waals surface area contributed by atoms with Gasteiger partial charge in [0.05, 0.1) is 11.9 Å². The molecule has 0 atom stereocenters. The van der Waals surface area contributed by atoms with Crippen molar-refractivity contribution in [1.29, 1.82) is 0 Å². The summed E-state index contributed by atoms with van der Waals surface area (Å²) < 4.78 is 5.74. The average Bonchev–Trinajstić information content (AvgIpc) is 3.08. The van der Waals surface area contributed by atoms with Crippen LogP contribution >= 0.6 is 11.8 Å². The first kappa shape index (κ1) is 14.9. The first-order valence-electron chi connectivity index (χ1n) is 7.70. The van der Waals surface area contributed by atoms with Gasteiger partial charge in [0.1, 0.15) is 0 Å². The Morgan fingerprint density at radius 2 is 1.75 bits per heavy atom. The van der Waals surface area contributed by atoms with Gasteiger partial charge < -0.3 is 4.42 Å². The van der Waals surface area contributed by atoms with E-state index in [1.54, 1.807) is 0 Å². The van der Waals surface area contributed by atoms with Crippen molar-refractivity contribution in [3.05, 3.63) is 83.9 Å². The Bertz CT molecular complexity index is 948. The van der Waals surface area contributed by atoms with Gasteiger partial charge in [-0.2, -0.15) is 0 Å². The van der Waals surface area contributed by atoms with Gasteiger partial charge in [0.25, 0.3) is 5.22 Å². The quantitative estimate of drug-likeness (QED) is 0.503. The van der Waals surface area contributed by atoms with Crippen LogP contribution in [0.4, 0.5) is 0 Å². The van der Waals surface area contributed by atoms with Gasteiger partial charge in [0.2, 0.25) is 5.89 Å². The Hall–Kier alpha value is -2.66. The molecule has 0 aliphatic heterocycles. The first-order chi connectivity index (χ1) is 11.9. The van der Waals surface area contributed by atoms with Crippen molar-refractivity contribution >= 4 is 22.7 Å². The van der Waals surface area contributed by atoms with Crippen LogP contribution in [0.1, 0.15) is 17.0 Å². The zero-order valence-electron chi connectivity index (χ0n) is 12.9. The summed E-state index contributed by atoms with van der Waals surface area (Å²) in [5, 5.41) is 10.0. The van der Waals surface area contributed by atoms with Crippen LogP contribution in [0.3, 0.4) is 0 Å². The van der Waals surface area contributed by atoms with Crippen molar-refractivity contribution in [3.8, 4) is 0 Å². The van der Waals surface area contributed by atoms with Gasteiger partial charge in [-0.05, 0) is 17.2 Å². The van der Waals surface area contributed by atoms with Crippen molar-refractivity contribution < 1.29 is 4.42 Å². The Labute approximate surface area is 144 Å². The van der Waals surface area contributed by atoms with Crippen molar-refractivity contribution in [2.45, 2.75) is 17.4 Å². The van der Waals surface area contributed by atoms with Crippen LogP contribution < -0.4 is 0 Å². The second kappa shape index (κ2) is 6.84. The monoisotopic (exact) mass is 333 g/mol. The summed E-state index contributed by atoms with van der Waals surface area (Å²) in [5.74, 6) is 1.39. The van der Waals surface area contributed by atoms with Gasteiger partial charge in [-0.15, -0.1) is 10.2 Å². The van der Waals surface area contributed by atoms with Crippen LogP contribution in [-0.2, 0) is 12.2 Å². The third-order valence-corrected chi connectivity index (χ3v) is 4.58. The van der Waals surface area contributed by atoms with E-state index in [2.05, 4.69) is 51.6 Å². The number of thioether (sulfide) groups is 1. The van der Waals surface area contributed by atoms with E-state index < -0.39 is 0 Å². The van der Waals surface area contributed by atoms with Crippen molar-refractivity contribution in [3.63, 3.8) is 0 Å². The van der Waals surface area contributed by atoms with Gasteiger partial charge in [-0.3, -0.25) is 4.98 Å². The minimum Gasteiger partial charge on any atom is -0.416 e. The summed E-state index contributed by atoms with van der Waals surface area (Å²) in [4.78, 5) is 4.47. The molecule has 4 rings (SSSR count). The van der Waals surface area contributed by atoms with Crippen LogP contribution in [-0.4, -0.2) is 15.2 Å². The molecule has 2 heterocycles. The van der Waals surface area contributed by atoms with E-state index in [0.29, 0.717) is 17.5 Å². The lowest BCUT2D eigenvalue weighted by Crippen LogP contribution is -1.87. The SMILES string of the molecule is c1ccc(Cc2nnc(SCc3cccc4cccnc34)o2)cc1. The van der Waals surface area contributed by atoms with Gasteiger partial charge in [0, 0.05) is 17.3 Å². The number of aromatic nitrogens is 3. The third-order valence-electron chi connectivity index (χ3n) is 3.71. The topological polar surface area (TPSA) is 51.8 Å². The number of rotatable bonds is 5. The van der Waals surface area contributed by atoms with E-state index in [-0.39, 0.29) is 0 Å². The minimum atomic E-state index is 0.592. The van der Waals surface area contributed by atoms with Gasteiger partial charge in [-0.25, -0.2) is 0 Å². The molecule has 4 aromatic rings. The zero-order chi connectivity index (χ0) is 16.2. The number of hydrogen-bond acceptors (Lipinski definition) is 5. The predicted molar refractivity (Wildman–Crippen MR) is 94.9 cm³/mol. The summed E-state index contributed by atoms with van der Waals surface area (Å²) >= 11 is 1.54. The lowest BCUT2D eigenvalue weighted by Gasteiger charge is -2.03. The Balaban J connectivity index is 1.46. The molecule has 118 valence electrons. The first-order valence-corrected chi connectivity index (χ1v) is 8.69. The molecule has 0 saturated heterocycles. The molecule has 0 amide bonds. The van der Waals surface area contributed by atoms with Crippen LogP contribution in [0.25, 0.3) is 10.9 Å². The largest absolute Gasteiger partial charge is 0.416 e. The molecule has 0 spiro atoms. The fraction of sp³-hybridized carbons (Fsp3) is 0.105. The Morgan fingerprint density at radius 3 is 2.67 bits per heavy atom. The highest BCUT2D eigenvalue weighted by Gasteiger charge is 2.09. The maximum absolute atomic E-state index is 5.74. The van der Waals surface area contributed by atoms with Gasteiger partial charge >= 0.3 is 0 Å². The van der Waals surface area contributed by atoms with Crippen LogP contribution in [0.5, 0.6) is 0 Å². The number of pyridine rings is 1. The smallest absolute Gasteiger partial charge is 0.276 e. The molecule has 0 aliphatic rings. The zero-order valence-corrected chi connectivity index (χ0v) is 13.7. The van der Waals surface area contributed by atoms with E-state index in [4.69, 9.17) is 4.42 Å². The molecule has 0 N–H and O–H groups in total. The lowest BCUT2D eigenvalue weighted by atomic mass is 10.1. The van der Waals surface area contributed by atoms with E-state index in [1.165, 1.54) is 17.3 Å². The summed E-state index contributed by atoms with van der Waals surface area (Å²) in [7, 11) is 0. The van der Waals surface area contributed by atoms with Crippen molar-refractivity contribution in [2.75, 3.05) is 0 Å². The molecule has 4 nitrogen and oxygen atoms in total. The number of hydrogen-bond donors (Lipinski definition) is 0. The molecule has 0 saturated carbocycles. The Kier molecular flexibility index (Phi) is 4.25. The maximum Gasteiger partial charge on any atom is 0.276 e. The molecule has 0 fully saturated rings. The molecule has 24 heavy (non-hydrogen) atoms. The van der Waals surface area contributed by atoms with E-state index >= 15 is 0 Å². The highest BCUT2D eigenvalue weighted by atomic mass is 32.2. The molecule has 2 aromatic heterocycles. The van der Waals surface area contributed by atoms with E-state index in [9.17, 15) is 0 Å². The average molecular weight is 333 g/mol. The van der Waals surface area contributed by atoms with Crippen molar-refractivity contribution in [2.24, 2.45) is 0 Å². The molecule has 0 unspecified atom stereocenters. The summed E-state index contributed by atoms with van der Waals surface area (Å²) in [6.07, 6.45) is 2.48. The number of nitrogens with zero attached hydrogens (tertiary/aromatic N) is 3. The molecule has 2 aromatic carbocycles. The number of para-hydroxylation sites is 1. The fourth-order valence-corrected chi connectivity index (χ4v) is 3.33. The van der Waals surface area contributed by atoms with Crippen molar-refractivity contribution in [1.82, 2.24) is 15.2 Å². The molecular formula is C19H15N3OS. The fourth-order valence-electron chi connectivity index (χ4n) is 2.56. The molecule has 0 radical (unpaired) electrons. The number of fused-ring (bicyclic) bond motifs is 1. The molecular weight excluding hydrogens is 318 g/mol. The molecule has 0 bridgehead atoms. The highest BCUT2D eigenvalue weighted by Crippen LogP contribution is 2.25. The van der Waals surface area contributed by atoms with Crippen LogP contribution in [0, 0.1) is 0 Å². The van der Waals surface area contributed by atoms with Crippen LogP contribution in [0.15, 0.2) is 76.5 Å². The van der Waals surface area contributed by atoms with Gasteiger partial charge in [-0.1, -0.05) is 66.4 Å². The Morgan fingerprint density at radius 1 is 0.875 bits per heavy atom. The summed E-state index contributed by atoms with van der Waals surface area (Å²) in [6, 6.07) is 20.4. The molecule has 5 heteroatoms. The van der Waals surface area contributed by atoms with Gasteiger partial charge in [0.15, 0.2) is 0 Å².